The van der Waals surface area contributed by atoms with Gasteiger partial charge < -0.3 is 5.32 Å². The van der Waals surface area contributed by atoms with E-state index in [9.17, 15) is 0 Å². The lowest BCUT2D eigenvalue weighted by atomic mass is 10.1. The fourth-order valence-corrected chi connectivity index (χ4v) is 1.69. The number of pyridine rings is 1. The molecule has 0 saturated heterocycles. The molecular weight excluding hydrogens is 212 g/mol. The van der Waals surface area contributed by atoms with Crippen molar-refractivity contribution in [3.63, 3.8) is 0 Å². The molecule has 2 aromatic rings. The van der Waals surface area contributed by atoms with Crippen LogP contribution in [-0.4, -0.2) is 14.8 Å². The van der Waals surface area contributed by atoms with E-state index < -0.39 is 0 Å². The van der Waals surface area contributed by atoms with Crippen LogP contribution in [0, 0.1) is 0 Å². The van der Waals surface area contributed by atoms with Crippen LogP contribution < -0.4 is 5.32 Å². The van der Waals surface area contributed by atoms with E-state index in [4.69, 9.17) is 0 Å². The summed E-state index contributed by atoms with van der Waals surface area (Å²) in [6.07, 6.45) is 7.67. The van der Waals surface area contributed by atoms with E-state index in [1.165, 1.54) is 11.1 Å². The first-order valence-electron chi connectivity index (χ1n) is 5.94. The molecule has 0 bridgehead atoms. The minimum Gasteiger partial charge on any atom is -0.306 e. The Bertz CT molecular complexity index is 449. The topological polar surface area (TPSA) is 42.7 Å². The van der Waals surface area contributed by atoms with Crippen LogP contribution >= 0.6 is 0 Å². The molecule has 1 unspecified atom stereocenters. The highest BCUT2D eigenvalue weighted by atomic mass is 15.3. The number of rotatable bonds is 5. The summed E-state index contributed by atoms with van der Waals surface area (Å²) in [4.78, 5) is 4.12. The molecule has 0 aliphatic heterocycles. The molecule has 17 heavy (non-hydrogen) atoms. The molecule has 0 fully saturated rings. The highest BCUT2D eigenvalue weighted by molar-refractivity contribution is 5.13. The molecule has 4 heteroatoms. The van der Waals surface area contributed by atoms with Gasteiger partial charge in [0.15, 0.2) is 0 Å². The quantitative estimate of drug-likeness (QED) is 0.855. The van der Waals surface area contributed by atoms with Crippen molar-refractivity contribution in [3.8, 4) is 0 Å². The maximum atomic E-state index is 4.25. The normalized spacial score (nSPS) is 12.6. The minimum absolute atomic E-state index is 0.300. The van der Waals surface area contributed by atoms with Gasteiger partial charge in [-0.1, -0.05) is 6.07 Å². The highest BCUT2D eigenvalue weighted by Crippen LogP contribution is 2.10. The molecule has 0 radical (unpaired) electrons. The number of hydrogen-bond donors (Lipinski definition) is 1. The smallest absolute Gasteiger partial charge is 0.0534 e. The summed E-state index contributed by atoms with van der Waals surface area (Å²) in [7, 11) is 0. The average Bonchev–Trinajstić information content (AvgIpc) is 2.85. The van der Waals surface area contributed by atoms with Gasteiger partial charge in [-0.15, -0.1) is 0 Å². The Morgan fingerprint density at radius 3 is 2.94 bits per heavy atom. The Labute approximate surface area is 102 Å². The SMILES string of the molecule is CCn1cc(CNC(C)c2cccnc2)cn1. The van der Waals surface area contributed by atoms with E-state index in [0.717, 1.165) is 13.1 Å². The third-order valence-electron chi connectivity index (χ3n) is 2.81. The van der Waals surface area contributed by atoms with E-state index in [1.54, 1.807) is 6.20 Å². The molecule has 1 N–H and O–H groups in total. The third kappa shape index (κ3) is 3.14. The minimum atomic E-state index is 0.300. The maximum Gasteiger partial charge on any atom is 0.0534 e. The molecule has 2 heterocycles. The van der Waals surface area contributed by atoms with Crippen LogP contribution in [-0.2, 0) is 13.1 Å². The number of hydrogen-bond acceptors (Lipinski definition) is 3. The van der Waals surface area contributed by atoms with Crippen LogP contribution in [0.4, 0.5) is 0 Å². The molecule has 0 spiro atoms. The van der Waals surface area contributed by atoms with Gasteiger partial charge in [-0.3, -0.25) is 9.67 Å². The number of nitrogens with zero attached hydrogens (tertiary/aromatic N) is 3. The molecule has 1 atom stereocenters. The predicted molar refractivity (Wildman–Crippen MR) is 67.4 cm³/mol. The molecule has 4 nitrogen and oxygen atoms in total. The van der Waals surface area contributed by atoms with Crippen molar-refractivity contribution in [2.24, 2.45) is 0 Å². The standard InChI is InChI=1S/C13H18N4/c1-3-17-10-12(8-16-17)7-15-11(2)13-5-4-6-14-9-13/h4-6,8-11,15H,3,7H2,1-2H3. The van der Waals surface area contributed by atoms with Gasteiger partial charge in [0.1, 0.15) is 0 Å². The van der Waals surface area contributed by atoms with Crippen LogP contribution in [0.15, 0.2) is 36.9 Å². The first kappa shape index (κ1) is 11.8. The second kappa shape index (κ2) is 5.59. The van der Waals surface area contributed by atoms with E-state index in [0.29, 0.717) is 6.04 Å². The van der Waals surface area contributed by atoms with Gasteiger partial charge in [-0.25, -0.2) is 0 Å². The van der Waals surface area contributed by atoms with Gasteiger partial charge in [0, 0.05) is 43.3 Å². The van der Waals surface area contributed by atoms with Gasteiger partial charge in [-0.2, -0.15) is 5.10 Å². The largest absolute Gasteiger partial charge is 0.306 e. The second-order valence-electron chi connectivity index (χ2n) is 4.09. The highest BCUT2D eigenvalue weighted by Gasteiger charge is 2.05. The van der Waals surface area contributed by atoms with E-state index in [2.05, 4.69) is 41.5 Å². The third-order valence-corrected chi connectivity index (χ3v) is 2.81. The lowest BCUT2D eigenvalue weighted by Gasteiger charge is -2.12. The van der Waals surface area contributed by atoms with E-state index in [1.807, 2.05) is 23.1 Å². The van der Waals surface area contributed by atoms with Crippen LogP contribution in [0.5, 0.6) is 0 Å². The first-order chi connectivity index (χ1) is 8.29. The number of nitrogens with one attached hydrogen (secondary N) is 1. The molecule has 0 amide bonds. The Morgan fingerprint density at radius 1 is 1.41 bits per heavy atom. The molecule has 0 aliphatic rings. The lowest BCUT2D eigenvalue weighted by molar-refractivity contribution is 0.572. The Balaban J connectivity index is 1.90. The van der Waals surface area contributed by atoms with Gasteiger partial charge >= 0.3 is 0 Å². The van der Waals surface area contributed by atoms with Crippen molar-refractivity contribution >= 4 is 0 Å². The van der Waals surface area contributed by atoms with Crippen molar-refractivity contribution in [1.29, 1.82) is 0 Å². The Hall–Kier alpha value is -1.68. The fourth-order valence-electron chi connectivity index (χ4n) is 1.69. The summed E-state index contributed by atoms with van der Waals surface area (Å²) in [6.45, 7) is 5.97. The molecule has 0 saturated carbocycles. The van der Waals surface area contributed by atoms with E-state index in [-0.39, 0.29) is 0 Å². The summed E-state index contributed by atoms with van der Waals surface area (Å²) < 4.78 is 1.94. The molecular formula is C13H18N4. The first-order valence-corrected chi connectivity index (χ1v) is 5.94. The summed E-state index contributed by atoms with van der Waals surface area (Å²) in [6, 6.07) is 4.34. The molecule has 2 rings (SSSR count). The monoisotopic (exact) mass is 230 g/mol. The summed E-state index contributed by atoms with van der Waals surface area (Å²) >= 11 is 0. The van der Waals surface area contributed by atoms with Crippen molar-refractivity contribution < 1.29 is 0 Å². The van der Waals surface area contributed by atoms with Crippen LogP contribution in [0.3, 0.4) is 0 Å². The van der Waals surface area contributed by atoms with Crippen molar-refractivity contribution in [2.75, 3.05) is 0 Å². The zero-order valence-electron chi connectivity index (χ0n) is 10.3. The van der Waals surface area contributed by atoms with E-state index >= 15 is 0 Å². The molecule has 0 aromatic carbocycles. The Kier molecular flexibility index (Phi) is 3.88. The molecule has 0 aliphatic carbocycles. The van der Waals surface area contributed by atoms with Crippen LogP contribution in [0.2, 0.25) is 0 Å². The maximum absolute atomic E-state index is 4.25. The fraction of sp³-hybridized carbons (Fsp3) is 0.385. The summed E-state index contributed by atoms with van der Waals surface area (Å²) in [5.74, 6) is 0. The molecule has 2 aromatic heterocycles. The van der Waals surface area contributed by atoms with Crippen molar-refractivity contribution in [1.82, 2.24) is 20.1 Å². The van der Waals surface area contributed by atoms with Crippen molar-refractivity contribution in [3.05, 3.63) is 48.0 Å². The second-order valence-corrected chi connectivity index (χ2v) is 4.09. The number of aromatic nitrogens is 3. The van der Waals surface area contributed by atoms with Gasteiger partial charge in [0.25, 0.3) is 0 Å². The van der Waals surface area contributed by atoms with Gasteiger partial charge in [0.05, 0.1) is 6.20 Å². The molecule has 90 valence electrons. The van der Waals surface area contributed by atoms with Gasteiger partial charge in [0.2, 0.25) is 0 Å². The number of aryl methyl sites for hydroxylation is 1. The van der Waals surface area contributed by atoms with Crippen LogP contribution in [0.1, 0.15) is 31.0 Å². The average molecular weight is 230 g/mol. The Morgan fingerprint density at radius 2 is 2.29 bits per heavy atom. The lowest BCUT2D eigenvalue weighted by Crippen LogP contribution is -2.17. The zero-order chi connectivity index (χ0) is 12.1. The summed E-state index contributed by atoms with van der Waals surface area (Å²) in [5.41, 5.74) is 2.41. The zero-order valence-corrected chi connectivity index (χ0v) is 10.3. The van der Waals surface area contributed by atoms with Crippen LogP contribution in [0.25, 0.3) is 0 Å². The predicted octanol–water partition coefficient (Wildman–Crippen LogP) is 2.15. The van der Waals surface area contributed by atoms with Crippen molar-refractivity contribution in [2.45, 2.75) is 33.0 Å². The van der Waals surface area contributed by atoms with Gasteiger partial charge in [-0.05, 0) is 25.5 Å². The summed E-state index contributed by atoms with van der Waals surface area (Å²) in [5, 5.41) is 7.71.